The number of para-hydroxylation sites is 1. The van der Waals surface area contributed by atoms with Crippen molar-refractivity contribution in [2.45, 2.75) is 52.2 Å². The Morgan fingerprint density at radius 1 is 1.11 bits per heavy atom. The van der Waals surface area contributed by atoms with Crippen molar-refractivity contribution in [1.29, 1.82) is 0 Å². The summed E-state index contributed by atoms with van der Waals surface area (Å²) in [5.74, 6) is 0.931. The molecular weight excluding hydrogens is 224 g/mol. The van der Waals surface area contributed by atoms with Crippen LogP contribution >= 0.6 is 0 Å². The standard InChI is InChI=1S/C16H24O2/c1-4-16(3,5-2)11-14-15(18-14)12-17-13-9-7-6-8-10-13/h6-10,14-15H,4-5,11-12H2,1-3H3. The van der Waals surface area contributed by atoms with Gasteiger partial charge in [-0.25, -0.2) is 0 Å². The second kappa shape index (κ2) is 5.75. The molecule has 0 radical (unpaired) electrons. The molecule has 2 heteroatoms. The zero-order chi connectivity index (χ0) is 13.0. The van der Waals surface area contributed by atoms with Gasteiger partial charge in [-0.1, -0.05) is 51.8 Å². The molecule has 1 aliphatic rings. The molecule has 0 bridgehead atoms. The first kappa shape index (κ1) is 13.4. The van der Waals surface area contributed by atoms with E-state index in [4.69, 9.17) is 9.47 Å². The predicted octanol–water partition coefficient (Wildman–Crippen LogP) is 4.05. The molecule has 1 aromatic rings. The summed E-state index contributed by atoms with van der Waals surface area (Å²) in [6, 6.07) is 9.95. The second-order valence-corrected chi connectivity index (χ2v) is 5.56. The molecule has 0 aromatic heterocycles. The lowest BCUT2D eigenvalue weighted by Gasteiger charge is -2.25. The van der Waals surface area contributed by atoms with Crippen molar-refractivity contribution in [3.05, 3.63) is 30.3 Å². The fraction of sp³-hybridized carbons (Fsp3) is 0.625. The SMILES string of the molecule is CCC(C)(CC)CC1OC1COc1ccccc1. The minimum atomic E-state index is 0.294. The number of hydrogen-bond donors (Lipinski definition) is 0. The largest absolute Gasteiger partial charge is 0.491 e. The highest BCUT2D eigenvalue weighted by atomic mass is 16.6. The van der Waals surface area contributed by atoms with Gasteiger partial charge in [-0.05, 0) is 24.0 Å². The third kappa shape index (κ3) is 3.49. The summed E-state index contributed by atoms with van der Waals surface area (Å²) in [4.78, 5) is 0. The van der Waals surface area contributed by atoms with Gasteiger partial charge in [-0.3, -0.25) is 0 Å². The first-order valence-electron chi connectivity index (χ1n) is 7.00. The number of ether oxygens (including phenoxy) is 2. The normalized spacial score (nSPS) is 22.8. The van der Waals surface area contributed by atoms with Gasteiger partial charge in [0.1, 0.15) is 18.5 Å². The molecule has 0 N–H and O–H groups in total. The lowest BCUT2D eigenvalue weighted by Crippen LogP contribution is -2.18. The average molecular weight is 248 g/mol. The summed E-state index contributed by atoms with van der Waals surface area (Å²) in [6.07, 6.45) is 4.29. The van der Waals surface area contributed by atoms with Crippen molar-refractivity contribution in [2.24, 2.45) is 5.41 Å². The van der Waals surface area contributed by atoms with Crippen LogP contribution in [0.15, 0.2) is 30.3 Å². The van der Waals surface area contributed by atoms with Gasteiger partial charge >= 0.3 is 0 Å². The molecule has 1 fully saturated rings. The molecule has 2 atom stereocenters. The molecule has 0 spiro atoms. The van der Waals surface area contributed by atoms with Crippen molar-refractivity contribution in [3.63, 3.8) is 0 Å². The monoisotopic (exact) mass is 248 g/mol. The molecule has 2 nitrogen and oxygen atoms in total. The summed E-state index contributed by atoms with van der Waals surface area (Å²) in [6.45, 7) is 7.56. The number of rotatable bonds is 7. The summed E-state index contributed by atoms with van der Waals surface area (Å²) < 4.78 is 11.4. The van der Waals surface area contributed by atoms with E-state index in [1.807, 2.05) is 30.3 Å². The topological polar surface area (TPSA) is 21.8 Å². The Morgan fingerprint density at radius 2 is 1.78 bits per heavy atom. The van der Waals surface area contributed by atoms with E-state index in [0.29, 0.717) is 24.2 Å². The molecule has 0 saturated carbocycles. The zero-order valence-corrected chi connectivity index (χ0v) is 11.7. The van der Waals surface area contributed by atoms with Crippen LogP contribution < -0.4 is 4.74 Å². The number of hydrogen-bond acceptors (Lipinski definition) is 2. The Labute approximate surface area is 110 Å². The molecule has 1 aromatic carbocycles. The molecule has 100 valence electrons. The summed E-state index contributed by atoms with van der Waals surface area (Å²) in [7, 11) is 0. The summed E-state index contributed by atoms with van der Waals surface area (Å²) in [5, 5.41) is 0. The van der Waals surface area contributed by atoms with Crippen LogP contribution in [0.5, 0.6) is 5.75 Å². The van der Waals surface area contributed by atoms with Gasteiger partial charge in [0.05, 0.1) is 6.10 Å². The molecule has 18 heavy (non-hydrogen) atoms. The van der Waals surface area contributed by atoms with Gasteiger partial charge in [0.25, 0.3) is 0 Å². The van der Waals surface area contributed by atoms with Crippen LogP contribution in [0.2, 0.25) is 0 Å². The van der Waals surface area contributed by atoms with Crippen LogP contribution in [0.25, 0.3) is 0 Å². The maximum absolute atomic E-state index is 5.72. The quantitative estimate of drug-likeness (QED) is 0.679. The Morgan fingerprint density at radius 3 is 2.39 bits per heavy atom. The van der Waals surface area contributed by atoms with E-state index in [1.54, 1.807) is 0 Å². The summed E-state index contributed by atoms with van der Waals surface area (Å²) >= 11 is 0. The van der Waals surface area contributed by atoms with Crippen molar-refractivity contribution in [1.82, 2.24) is 0 Å². The minimum absolute atomic E-state index is 0.294. The van der Waals surface area contributed by atoms with E-state index in [0.717, 1.165) is 12.2 Å². The molecule has 2 rings (SSSR count). The number of benzene rings is 1. The first-order valence-corrected chi connectivity index (χ1v) is 7.00. The first-order chi connectivity index (χ1) is 8.67. The van der Waals surface area contributed by atoms with Crippen molar-refractivity contribution >= 4 is 0 Å². The van der Waals surface area contributed by atoms with Crippen molar-refractivity contribution < 1.29 is 9.47 Å². The smallest absolute Gasteiger partial charge is 0.119 e. The van der Waals surface area contributed by atoms with E-state index in [1.165, 1.54) is 12.8 Å². The molecular formula is C16H24O2. The average Bonchev–Trinajstić information content (AvgIpc) is 3.15. The van der Waals surface area contributed by atoms with Crippen molar-refractivity contribution in [2.75, 3.05) is 6.61 Å². The number of epoxide rings is 1. The maximum atomic E-state index is 5.72. The van der Waals surface area contributed by atoms with Crippen molar-refractivity contribution in [3.8, 4) is 5.75 Å². The Balaban J connectivity index is 1.72. The van der Waals surface area contributed by atoms with E-state index in [9.17, 15) is 0 Å². The molecule has 1 heterocycles. The molecule has 0 aliphatic carbocycles. The van der Waals surface area contributed by atoms with Gasteiger partial charge in [-0.15, -0.1) is 0 Å². The molecule has 1 aliphatic heterocycles. The van der Waals surface area contributed by atoms with Crippen LogP contribution in [0.3, 0.4) is 0 Å². The van der Waals surface area contributed by atoms with Crippen LogP contribution in [-0.2, 0) is 4.74 Å². The third-order valence-electron chi connectivity index (χ3n) is 4.25. The molecule has 0 amide bonds. The van der Waals surface area contributed by atoms with Gasteiger partial charge in [0.2, 0.25) is 0 Å². The lowest BCUT2D eigenvalue weighted by molar-refractivity contribution is 0.228. The highest BCUT2D eigenvalue weighted by Gasteiger charge is 2.43. The predicted molar refractivity (Wildman–Crippen MR) is 73.9 cm³/mol. The minimum Gasteiger partial charge on any atom is -0.491 e. The van der Waals surface area contributed by atoms with Crippen LogP contribution in [0, 0.1) is 5.41 Å². The van der Waals surface area contributed by atoms with E-state index in [2.05, 4.69) is 20.8 Å². The van der Waals surface area contributed by atoms with E-state index >= 15 is 0 Å². The lowest BCUT2D eigenvalue weighted by atomic mass is 9.80. The Hall–Kier alpha value is -1.02. The molecule has 1 saturated heterocycles. The van der Waals surface area contributed by atoms with Gasteiger partial charge in [0, 0.05) is 0 Å². The maximum Gasteiger partial charge on any atom is 0.119 e. The Bertz CT molecular complexity index is 357. The fourth-order valence-electron chi connectivity index (χ4n) is 2.22. The van der Waals surface area contributed by atoms with E-state index in [-0.39, 0.29) is 0 Å². The second-order valence-electron chi connectivity index (χ2n) is 5.56. The molecule has 2 unspecified atom stereocenters. The fourth-order valence-corrected chi connectivity index (χ4v) is 2.22. The van der Waals surface area contributed by atoms with Gasteiger partial charge < -0.3 is 9.47 Å². The summed E-state index contributed by atoms with van der Waals surface area (Å²) in [5.41, 5.74) is 0.423. The van der Waals surface area contributed by atoms with Crippen LogP contribution in [0.4, 0.5) is 0 Å². The third-order valence-corrected chi connectivity index (χ3v) is 4.25. The van der Waals surface area contributed by atoms with Crippen LogP contribution in [-0.4, -0.2) is 18.8 Å². The van der Waals surface area contributed by atoms with Gasteiger partial charge in [-0.2, -0.15) is 0 Å². The van der Waals surface area contributed by atoms with Crippen LogP contribution in [0.1, 0.15) is 40.0 Å². The Kier molecular flexibility index (Phi) is 4.28. The zero-order valence-electron chi connectivity index (χ0n) is 11.7. The highest BCUT2D eigenvalue weighted by Crippen LogP contribution is 2.39. The highest BCUT2D eigenvalue weighted by molar-refractivity contribution is 5.21. The van der Waals surface area contributed by atoms with E-state index < -0.39 is 0 Å². The van der Waals surface area contributed by atoms with Gasteiger partial charge in [0.15, 0.2) is 0 Å².